The van der Waals surface area contributed by atoms with Crippen molar-refractivity contribution in [2.45, 2.75) is 76.7 Å². The summed E-state index contributed by atoms with van der Waals surface area (Å²) in [6.07, 6.45) is 11.1. The molecule has 1 atom stereocenters. The first kappa shape index (κ1) is 14.0. The van der Waals surface area contributed by atoms with E-state index in [1.54, 1.807) is 0 Å². The molecule has 1 unspecified atom stereocenters. The Hall–Kier alpha value is -0.940. The van der Waals surface area contributed by atoms with Gasteiger partial charge < -0.3 is 10.1 Å². The second-order valence-electron chi connectivity index (χ2n) is 6.19. The van der Waals surface area contributed by atoms with Crippen molar-refractivity contribution in [2.24, 2.45) is 0 Å². The first-order chi connectivity index (χ1) is 9.80. The second-order valence-corrected chi connectivity index (χ2v) is 6.19. The zero-order valence-corrected chi connectivity index (χ0v) is 12.5. The van der Waals surface area contributed by atoms with E-state index in [-0.39, 0.29) is 5.60 Å². The van der Waals surface area contributed by atoms with E-state index in [1.807, 2.05) is 11.0 Å². The van der Waals surface area contributed by atoms with Gasteiger partial charge in [0.2, 0.25) is 0 Å². The minimum absolute atomic E-state index is 0.204. The fourth-order valence-electron chi connectivity index (χ4n) is 3.54. The van der Waals surface area contributed by atoms with Crippen molar-refractivity contribution < 1.29 is 4.74 Å². The van der Waals surface area contributed by atoms with Gasteiger partial charge in [0.05, 0.1) is 24.8 Å². The molecular formula is C15H26N4O. The number of nitrogens with zero attached hydrogens (tertiary/aromatic N) is 3. The van der Waals surface area contributed by atoms with Crippen LogP contribution in [0.4, 0.5) is 0 Å². The standard InChI is InChI=1S/C15H26N4O/c1-2-16-10-14-17-12-19(18-14)11-13-6-9-15(20-13)7-4-3-5-8-15/h12-13,16H,2-11H2,1H3. The third-order valence-electron chi connectivity index (χ3n) is 4.61. The third-order valence-corrected chi connectivity index (χ3v) is 4.61. The largest absolute Gasteiger partial charge is 0.370 e. The summed E-state index contributed by atoms with van der Waals surface area (Å²) in [5, 5.41) is 7.76. The molecule has 1 spiro atoms. The summed E-state index contributed by atoms with van der Waals surface area (Å²) in [5.74, 6) is 0.872. The first-order valence-corrected chi connectivity index (χ1v) is 8.06. The number of nitrogens with one attached hydrogen (secondary N) is 1. The van der Waals surface area contributed by atoms with Gasteiger partial charge in [0.15, 0.2) is 5.82 Å². The number of aromatic nitrogens is 3. The van der Waals surface area contributed by atoms with Crippen LogP contribution in [0.3, 0.4) is 0 Å². The topological polar surface area (TPSA) is 52.0 Å². The summed E-state index contributed by atoms with van der Waals surface area (Å²) in [6.45, 7) is 4.63. The van der Waals surface area contributed by atoms with E-state index < -0.39 is 0 Å². The quantitative estimate of drug-likeness (QED) is 0.897. The Labute approximate surface area is 121 Å². The third kappa shape index (κ3) is 3.20. The van der Waals surface area contributed by atoms with Crippen LogP contribution in [0, 0.1) is 0 Å². The second kappa shape index (κ2) is 6.22. The van der Waals surface area contributed by atoms with Crippen LogP contribution >= 0.6 is 0 Å². The highest BCUT2D eigenvalue weighted by Gasteiger charge is 2.40. The zero-order valence-electron chi connectivity index (χ0n) is 12.5. The van der Waals surface area contributed by atoms with E-state index in [2.05, 4.69) is 22.3 Å². The van der Waals surface area contributed by atoms with Crippen LogP contribution in [-0.4, -0.2) is 33.0 Å². The molecule has 2 fully saturated rings. The maximum absolute atomic E-state index is 6.38. The van der Waals surface area contributed by atoms with Gasteiger partial charge in [-0.2, -0.15) is 5.10 Å². The van der Waals surface area contributed by atoms with Crippen molar-refractivity contribution in [3.63, 3.8) is 0 Å². The van der Waals surface area contributed by atoms with Crippen LogP contribution in [-0.2, 0) is 17.8 Å². The lowest BCUT2D eigenvalue weighted by Gasteiger charge is -2.33. The van der Waals surface area contributed by atoms with Crippen LogP contribution < -0.4 is 5.32 Å². The molecule has 1 aliphatic carbocycles. The average Bonchev–Trinajstić information content (AvgIpc) is 3.06. The molecule has 112 valence electrons. The van der Waals surface area contributed by atoms with Gasteiger partial charge in [-0.15, -0.1) is 0 Å². The molecule has 0 aromatic carbocycles. The molecule has 1 saturated heterocycles. The highest BCUT2D eigenvalue weighted by molar-refractivity contribution is 4.91. The Morgan fingerprint density at radius 2 is 2.20 bits per heavy atom. The number of hydrogen-bond acceptors (Lipinski definition) is 4. The van der Waals surface area contributed by atoms with Gasteiger partial charge in [-0.3, -0.25) is 4.68 Å². The van der Waals surface area contributed by atoms with E-state index in [1.165, 1.54) is 44.9 Å². The Morgan fingerprint density at radius 1 is 1.35 bits per heavy atom. The molecule has 0 bridgehead atoms. The van der Waals surface area contributed by atoms with Crippen LogP contribution in [0.15, 0.2) is 6.33 Å². The molecule has 0 radical (unpaired) electrons. The molecule has 20 heavy (non-hydrogen) atoms. The fourth-order valence-corrected chi connectivity index (χ4v) is 3.54. The SMILES string of the molecule is CCNCc1ncn(CC2CCC3(CCCCC3)O2)n1. The van der Waals surface area contributed by atoms with Gasteiger partial charge in [0.25, 0.3) is 0 Å². The van der Waals surface area contributed by atoms with Crippen molar-refractivity contribution >= 4 is 0 Å². The predicted octanol–water partition coefficient (Wildman–Crippen LogP) is 2.27. The van der Waals surface area contributed by atoms with Gasteiger partial charge in [-0.25, -0.2) is 4.98 Å². The summed E-state index contributed by atoms with van der Waals surface area (Å²) in [4.78, 5) is 4.33. The minimum atomic E-state index is 0.204. The molecule has 1 aliphatic heterocycles. The summed E-state index contributed by atoms with van der Waals surface area (Å²) in [6, 6.07) is 0. The molecule has 2 heterocycles. The van der Waals surface area contributed by atoms with Crippen molar-refractivity contribution in [1.82, 2.24) is 20.1 Å². The maximum atomic E-state index is 6.38. The molecule has 1 N–H and O–H groups in total. The normalized spacial score (nSPS) is 25.4. The molecule has 5 heteroatoms. The number of rotatable bonds is 5. The molecule has 0 amide bonds. The Balaban J connectivity index is 1.52. The monoisotopic (exact) mass is 278 g/mol. The van der Waals surface area contributed by atoms with Gasteiger partial charge in [0.1, 0.15) is 6.33 Å². The van der Waals surface area contributed by atoms with Crippen LogP contribution in [0.2, 0.25) is 0 Å². The van der Waals surface area contributed by atoms with Crippen molar-refractivity contribution in [2.75, 3.05) is 6.54 Å². The Morgan fingerprint density at radius 3 is 3.00 bits per heavy atom. The van der Waals surface area contributed by atoms with Gasteiger partial charge in [0, 0.05) is 0 Å². The average molecular weight is 278 g/mol. The first-order valence-electron chi connectivity index (χ1n) is 8.06. The van der Waals surface area contributed by atoms with Crippen molar-refractivity contribution in [3.8, 4) is 0 Å². The van der Waals surface area contributed by atoms with Gasteiger partial charge in [-0.1, -0.05) is 26.2 Å². The van der Waals surface area contributed by atoms with Gasteiger partial charge >= 0.3 is 0 Å². The minimum Gasteiger partial charge on any atom is -0.370 e. The molecule has 1 aromatic rings. The maximum Gasteiger partial charge on any atom is 0.164 e. The zero-order chi connectivity index (χ0) is 13.8. The van der Waals surface area contributed by atoms with Crippen LogP contribution in [0.25, 0.3) is 0 Å². The molecular weight excluding hydrogens is 252 g/mol. The lowest BCUT2D eigenvalue weighted by Crippen LogP contribution is -2.32. The highest BCUT2D eigenvalue weighted by Crippen LogP contribution is 2.42. The Kier molecular flexibility index (Phi) is 4.36. The summed E-state index contributed by atoms with van der Waals surface area (Å²) < 4.78 is 8.32. The van der Waals surface area contributed by atoms with E-state index in [0.29, 0.717) is 6.10 Å². The summed E-state index contributed by atoms with van der Waals surface area (Å²) in [5.41, 5.74) is 0.204. The molecule has 3 rings (SSSR count). The highest BCUT2D eigenvalue weighted by atomic mass is 16.5. The van der Waals surface area contributed by atoms with E-state index in [0.717, 1.165) is 25.5 Å². The summed E-state index contributed by atoms with van der Waals surface area (Å²) in [7, 11) is 0. The summed E-state index contributed by atoms with van der Waals surface area (Å²) >= 11 is 0. The fraction of sp³-hybridized carbons (Fsp3) is 0.867. The van der Waals surface area contributed by atoms with E-state index in [9.17, 15) is 0 Å². The number of hydrogen-bond donors (Lipinski definition) is 1. The molecule has 5 nitrogen and oxygen atoms in total. The van der Waals surface area contributed by atoms with Gasteiger partial charge in [-0.05, 0) is 32.2 Å². The lowest BCUT2D eigenvalue weighted by atomic mass is 9.83. The van der Waals surface area contributed by atoms with E-state index >= 15 is 0 Å². The Bertz CT molecular complexity index is 425. The van der Waals surface area contributed by atoms with Crippen molar-refractivity contribution in [1.29, 1.82) is 0 Å². The van der Waals surface area contributed by atoms with Crippen LogP contribution in [0.1, 0.15) is 57.7 Å². The smallest absolute Gasteiger partial charge is 0.164 e. The number of ether oxygens (including phenoxy) is 1. The lowest BCUT2D eigenvalue weighted by molar-refractivity contribution is -0.0688. The predicted molar refractivity (Wildman–Crippen MR) is 77.3 cm³/mol. The molecule has 1 saturated carbocycles. The van der Waals surface area contributed by atoms with Crippen LogP contribution in [0.5, 0.6) is 0 Å². The van der Waals surface area contributed by atoms with Crippen molar-refractivity contribution in [3.05, 3.63) is 12.2 Å². The molecule has 2 aliphatic rings. The van der Waals surface area contributed by atoms with E-state index in [4.69, 9.17) is 4.74 Å². The molecule has 1 aromatic heterocycles.